The molecule has 0 N–H and O–H groups in total. The summed E-state index contributed by atoms with van der Waals surface area (Å²) in [6.07, 6.45) is 1.40. The van der Waals surface area contributed by atoms with Gasteiger partial charge in [-0.1, -0.05) is 6.92 Å². The predicted octanol–water partition coefficient (Wildman–Crippen LogP) is 1.34. The molecule has 84 valence electrons. The highest BCUT2D eigenvalue weighted by molar-refractivity contribution is 6.00. The minimum absolute atomic E-state index is 0.0268. The molecular weight excluding hydrogens is 213 g/mol. The van der Waals surface area contributed by atoms with Crippen LogP contribution in [0.4, 0.5) is 4.39 Å². The summed E-state index contributed by atoms with van der Waals surface area (Å²) in [6, 6.07) is 2.63. The molecule has 0 aromatic carbocycles. The number of hydrogen-bond donors (Lipinski definition) is 0. The monoisotopic (exact) mass is 223 g/mol. The van der Waals surface area contributed by atoms with Gasteiger partial charge in [0.1, 0.15) is 11.2 Å². The summed E-state index contributed by atoms with van der Waals surface area (Å²) < 4.78 is 17.3. The quantitative estimate of drug-likeness (QED) is 0.560. The van der Waals surface area contributed by atoms with Gasteiger partial charge in [-0.05, 0) is 18.6 Å². The standard InChI is InChI=1S/C11H10FNO3/c1-2-11(5-9(14)16-10(11)15)8-4-3-7(12)6-13-8/h3-4,6H,2,5H2,1H3. The average Bonchev–Trinajstić information content (AvgIpc) is 2.55. The minimum Gasteiger partial charge on any atom is -0.392 e. The van der Waals surface area contributed by atoms with Crippen LogP contribution in [-0.4, -0.2) is 16.9 Å². The Hall–Kier alpha value is -1.78. The van der Waals surface area contributed by atoms with Crippen LogP contribution < -0.4 is 0 Å². The first-order valence-electron chi connectivity index (χ1n) is 4.95. The summed E-state index contributed by atoms with van der Waals surface area (Å²) in [5.74, 6) is -1.63. The van der Waals surface area contributed by atoms with Crippen LogP contribution in [0.15, 0.2) is 18.3 Å². The van der Waals surface area contributed by atoms with Crippen molar-refractivity contribution in [3.63, 3.8) is 0 Å². The molecule has 1 unspecified atom stereocenters. The normalized spacial score (nSPS) is 24.6. The molecule has 16 heavy (non-hydrogen) atoms. The fourth-order valence-electron chi connectivity index (χ4n) is 1.86. The van der Waals surface area contributed by atoms with E-state index in [9.17, 15) is 14.0 Å². The van der Waals surface area contributed by atoms with Crippen LogP contribution >= 0.6 is 0 Å². The summed E-state index contributed by atoms with van der Waals surface area (Å²) in [6.45, 7) is 1.77. The van der Waals surface area contributed by atoms with Crippen LogP contribution in [0.3, 0.4) is 0 Å². The number of pyridine rings is 1. The highest BCUT2D eigenvalue weighted by Crippen LogP contribution is 2.36. The second-order valence-corrected chi connectivity index (χ2v) is 3.74. The molecule has 2 heterocycles. The molecule has 1 atom stereocenters. The van der Waals surface area contributed by atoms with Gasteiger partial charge in [0.25, 0.3) is 0 Å². The van der Waals surface area contributed by atoms with Gasteiger partial charge in [0, 0.05) is 0 Å². The lowest BCUT2D eigenvalue weighted by Gasteiger charge is -2.20. The second-order valence-electron chi connectivity index (χ2n) is 3.74. The maximum absolute atomic E-state index is 12.7. The third-order valence-electron chi connectivity index (χ3n) is 2.86. The molecule has 0 aliphatic carbocycles. The van der Waals surface area contributed by atoms with E-state index in [0.717, 1.165) is 6.20 Å². The highest BCUT2D eigenvalue weighted by atomic mass is 19.1. The van der Waals surface area contributed by atoms with Crippen molar-refractivity contribution < 1.29 is 18.7 Å². The summed E-state index contributed by atoms with van der Waals surface area (Å²) in [5.41, 5.74) is -0.655. The third kappa shape index (κ3) is 1.48. The fraction of sp³-hybridized carbons (Fsp3) is 0.364. The number of hydrogen-bond acceptors (Lipinski definition) is 4. The van der Waals surface area contributed by atoms with Crippen LogP contribution in [0.5, 0.6) is 0 Å². The average molecular weight is 223 g/mol. The van der Waals surface area contributed by atoms with E-state index >= 15 is 0 Å². The first-order chi connectivity index (χ1) is 7.58. The van der Waals surface area contributed by atoms with E-state index in [1.54, 1.807) is 6.92 Å². The predicted molar refractivity (Wildman–Crippen MR) is 51.9 cm³/mol. The number of halogens is 1. The molecule has 5 heteroatoms. The number of cyclic esters (lactones) is 2. The minimum atomic E-state index is -1.04. The summed E-state index contributed by atoms with van der Waals surface area (Å²) >= 11 is 0. The lowest BCUT2D eigenvalue weighted by molar-refractivity contribution is -0.153. The zero-order chi connectivity index (χ0) is 11.8. The number of carbonyl (C=O) groups is 2. The first-order valence-corrected chi connectivity index (χ1v) is 4.95. The molecule has 1 aliphatic heterocycles. The Bertz CT molecular complexity index is 443. The van der Waals surface area contributed by atoms with Gasteiger partial charge in [0.05, 0.1) is 18.3 Å². The van der Waals surface area contributed by atoms with Crippen molar-refractivity contribution in [1.29, 1.82) is 0 Å². The van der Waals surface area contributed by atoms with E-state index in [2.05, 4.69) is 9.72 Å². The van der Waals surface area contributed by atoms with Gasteiger partial charge in [-0.25, -0.2) is 4.39 Å². The van der Waals surface area contributed by atoms with E-state index < -0.39 is 23.2 Å². The number of esters is 2. The molecule has 0 amide bonds. The molecule has 1 aromatic heterocycles. The van der Waals surface area contributed by atoms with Crippen molar-refractivity contribution in [1.82, 2.24) is 4.98 Å². The number of ether oxygens (including phenoxy) is 1. The van der Waals surface area contributed by atoms with E-state index in [4.69, 9.17) is 0 Å². The van der Waals surface area contributed by atoms with Crippen molar-refractivity contribution >= 4 is 11.9 Å². The molecule has 1 aromatic rings. The third-order valence-corrected chi connectivity index (χ3v) is 2.86. The highest BCUT2D eigenvalue weighted by Gasteiger charge is 2.50. The lowest BCUT2D eigenvalue weighted by atomic mass is 9.80. The molecule has 0 spiro atoms. The Labute approximate surface area is 91.4 Å². The molecule has 0 radical (unpaired) electrons. The SMILES string of the molecule is CCC1(c2ccc(F)cn2)CC(=O)OC1=O. The molecule has 1 saturated heterocycles. The van der Waals surface area contributed by atoms with Crippen molar-refractivity contribution in [2.24, 2.45) is 0 Å². The molecule has 1 aliphatic rings. The zero-order valence-electron chi connectivity index (χ0n) is 8.70. The van der Waals surface area contributed by atoms with E-state index in [-0.39, 0.29) is 6.42 Å². The van der Waals surface area contributed by atoms with E-state index in [1.807, 2.05) is 0 Å². The fourth-order valence-corrected chi connectivity index (χ4v) is 1.86. The van der Waals surface area contributed by atoms with Gasteiger partial charge >= 0.3 is 11.9 Å². The zero-order valence-corrected chi connectivity index (χ0v) is 8.70. The Morgan fingerprint density at radius 1 is 1.50 bits per heavy atom. The van der Waals surface area contributed by atoms with Crippen LogP contribution in [0.25, 0.3) is 0 Å². The van der Waals surface area contributed by atoms with Gasteiger partial charge in [-0.3, -0.25) is 14.6 Å². The van der Waals surface area contributed by atoms with Crippen molar-refractivity contribution in [2.75, 3.05) is 0 Å². The van der Waals surface area contributed by atoms with Crippen molar-refractivity contribution in [3.05, 3.63) is 29.8 Å². The first kappa shape index (κ1) is 10.7. The Balaban J connectivity index is 2.46. The summed E-state index contributed by atoms with van der Waals surface area (Å²) in [5, 5.41) is 0. The molecule has 0 bridgehead atoms. The lowest BCUT2D eigenvalue weighted by Crippen LogP contribution is -2.31. The Morgan fingerprint density at radius 3 is 2.69 bits per heavy atom. The molecule has 1 fully saturated rings. The summed E-state index contributed by atoms with van der Waals surface area (Å²) in [7, 11) is 0. The molecule has 4 nitrogen and oxygen atoms in total. The Kier molecular flexibility index (Phi) is 2.46. The molecule has 2 rings (SSSR count). The topological polar surface area (TPSA) is 56.3 Å². The van der Waals surface area contributed by atoms with Crippen LogP contribution in [0, 0.1) is 5.82 Å². The van der Waals surface area contributed by atoms with Gasteiger partial charge in [-0.2, -0.15) is 0 Å². The number of rotatable bonds is 2. The van der Waals surface area contributed by atoms with Gasteiger partial charge < -0.3 is 4.74 Å². The Morgan fingerprint density at radius 2 is 2.25 bits per heavy atom. The number of nitrogens with zero attached hydrogens (tertiary/aromatic N) is 1. The van der Waals surface area contributed by atoms with Crippen LogP contribution in [0.2, 0.25) is 0 Å². The molecule has 0 saturated carbocycles. The van der Waals surface area contributed by atoms with E-state index in [0.29, 0.717) is 12.1 Å². The number of carbonyl (C=O) groups excluding carboxylic acids is 2. The number of aromatic nitrogens is 1. The van der Waals surface area contributed by atoms with Gasteiger partial charge in [0.2, 0.25) is 0 Å². The maximum atomic E-state index is 12.7. The van der Waals surface area contributed by atoms with Gasteiger partial charge in [-0.15, -0.1) is 0 Å². The summed E-state index contributed by atoms with van der Waals surface area (Å²) in [4.78, 5) is 26.6. The maximum Gasteiger partial charge on any atom is 0.326 e. The van der Waals surface area contributed by atoms with Crippen LogP contribution in [-0.2, 0) is 19.7 Å². The van der Waals surface area contributed by atoms with Gasteiger partial charge in [0.15, 0.2) is 0 Å². The molecular formula is C11H10FNO3. The second kappa shape index (κ2) is 3.66. The van der Waals surface area contributed by atoms with Crippen molar-refractivity contribution in [3.8, 4) is 0 Å². The van der Waals surface area contributed by atoms with Crippen molar-refractivity contribution in [2.45, 2.75) is 25.2 Å². The largest absolute Gasteiger partial charge is 0.392 e. The smallest absolute Gasteiger partial charge is 0.326 e. The van der Waals surface area contributed by atoms with E-state index in [1.165, 1.54) is 12.1 Å². The van der Waals surface area contributed by atoms with Crippen LogP contribution in [0.1, 0.15) is 25.5 Å².